The van der Waals surface area contributed by atoms with Gasteiger partial charge < -0.3 is 15.0 Å². The van der Waals surface area contributed by atoms with Crippen LogP contribution in [0.2, 0.25) is 5.02 Å². The van der Waals surface area contributed by atoms with E-state index in [2.05, 4.69) is 30.1 Å². The van der Waals surface area contributed by atoms with E-state index < -0.39 is 17.8 Å². The van der Waals surface area contributed by atoms with E-state index in [0.29, 0.717) is 52.2 Å². The summed E-state index contributed by atoms with van der Waals surface area (Å²) >= 11 is 6.28. The summed E-state index contributed by atoms with van der Waals surface area (Å²) in [5.74, 6) is -0.590. The predicted molar refractivity (Wildman–Crippen MR) is 158 cm³/mol. The zero-order valence-corrected chi connectivity index (χ0v) is 24.0. The lowest BCUT2D eigenvalue weighted by atomic mass is 10.0. The molecule has 4 atom stereocenters. The van der Waals surface area contributed by atoms with Crippen molar-refractivity contribution in [2.75, 3.05) is 38.2 Å². The first-order valence-electron chi connectivity index (χ1n) is 14.6. The molecule has 4 aromatic rings. The molecule has 4 saturated heterocycles. The fourth-order valence-corrected chi connectivity index (χ4v) is 7.32. The number of benzene rings is 2. The zero-order valence-electron chi connectivity index (χ0n) is 23.3. The maximum absolute atomic E-state index is 16.0. The van der Waals surface area contributed by atoms with Gasteiger partial charge in [0.25, 0.3) is 0 Å². The molecule has 2 aromatic heterocycles. The molecule has 4 fully saturated rings. The Hall–Kier alpha value is -3.21. The van der Waals surface area contributed by atoms with Gasteiger partial charge in [0.1, 0.15) is 29.0 Å². The summed E-state index contributed by atoms with van der Waals surface area (Å²) in [6.07, 6.45) is 6.61. The molecule has 7 nitrogen and oxygen atoms in total. The van der Waals surface area contributed by atoms with Gasteiger partial charge in [0.05, 0.1) is 17.5 Å². The average Bonchev–Trinajstić information content (AvgIpc) is 3.68. The van der Waals surface area contributed by atoms with Gasteiger partial charge in [-0.15, -0.1) is 0 Å². The number of anilines is 1. The first kappa shape index (κ1) is 27.6. The van der Waals surface area contributed by atoms with Crippen LogP contribution < -0.4 is 15.0 Å². The lowest BCUT2D eigenvalue weighted by Crippen LogP contribution is -2.51. The number of piperazine rings is 1. The quantitative estimate of drug-likeness (QED) is 0.315. The molecular weight excluding hydrogens is 565 g/mol. The molecule has 2 bridgehead atoms. The maximum atomic E-state index is 16.0. The lowest BCUT2D eigenvalue weighted by molar-refractivity contribution is 0.292. The van der Waals surface area contributed by atoms with E-state index in [-0.39, 0.29) is 22.2 Å². The minimum absolute atomic E-state index is 0.0488. The Morgan fingerprint density at radius 2 is 1.83 bits per heavy atom. The number of nitrogens with zero attached hydrogens (tertiary/aromatic N) is 5. The van der Waals surface area contributed by atoms with Gasteiger partial charge in [-0.05, 0) is 50.1 Å². The van der Waals surface area contributed by atoms with E-state index in [4.69, 9.17) is 16.3 Å². The molecule has 42 heavy (non-hydrogen) atoms. The highest BCUT2D eigenvalue weighted by atomic mass is 35.5. The molecule has 0 spiro atoms. The fraction of sp³-hybridized carbons (Fsp3) is 0.452. The second-order valence-electron chi connectivity index (χ2n) is 11.6. The van der Waals surface area contributed by atoms with Crippen LogP contribution >= 0.6 is 11.6 Å². The molecule has 0 amide bonds. The summed E-state index contributed by atoms with van der Waals surface area (Å²) in [6, 6.07) is 9.60. The molecular formula is C31H32ClF3N6O. The molecule has 11 heteroatoms. The lowest BCUT2D eigenvalue weighted by Gasteiger charge is -2.34. The van der Waals surface area contributed by atoms with Gasteiger partial charge in [-0.25, -0.2) is 13.2 Å². The Kier molecular flexibility index (Phi) is 7.32. The van der Waals surface area contributed by atoms with Crippen LogP contribution in [-0.4, -0.2) is 77.4 Å². The van der Waals surface area contributed by atoms with Gasteiger partial charge in [0, 0.05) is 54.9 Å². The first-order valence-corrected chi connectivity index (χ1v) is 14.9. The molecule has 0 aliphatic carbocycles. The van der Waals surface area contributed by atoms with Crippen LogP contribution in [0, 0.1) is 11.6 Å². The second kappa shape index (κ2) is 11.1. The van der Waals surface area contributed by atoms with Gasteiger partial charge in [0.2, 0.25) is 0 Å². The van der Waals surface area contributed by atoms with E-state index in [1.165, 1.54) is 26.0 Å². The van der Waals surface area contributed by atoms with E-state index in [1.54, 1.807) is 30.5 Å². The van der Waals surface area contributed by atoms with Crippen LogP contribution in [-0.2, 0) is 0 Å². The molecule has 4 aliphatic heterocycles. The van der Waals surface area contributed by atoms with E-state index in [9.17, 15) is 8.78 Å². The van der Waals surface area contributed by atoms with Crippen LogP contribution in [0.3, 0.4) is 0 Å². The number of methoxy groups -OCH3 is 1. The summed E-state index contributed by atoms with van der Waals surface area (Å²) in [4.78, 5) is 17.7. The van der Waals surface area contributed by atoms with Crippen molar-refractivity contribution in [3.63, 3.8) is 0 Å². The van der Waals surface area contributed by atoms with Crippen LogP contribution in [0.4, 0.5) is 19.0 Å². The van der Waals surface area contributed by atoms with Gasteiger partial charge in [-0.2, -0.15) is 9.97 Å². The van der Waals surface area contributed by atoms with E-state index in [1.807, 2.05) is 0 Å². The summed E-state index contributed by atoms with van der Waals surface area (Å²) < 4.78 is 48.1. The Balaban J connectivity index is 0.000000272. The van der Waals surface area contributed by atoms with Crippen molar-refractivity contribution >= 4 is 39.1 Å². The predicted octanol–water partition coefficient (Wildman–Crippen LogP) is 5.92. The van der Waals surface area contributed by atoms with Crippen molar-refractivity contribution in [2.24, 2.45) is 0 Å². The normalized spacial score (nSPS) is 25.1. The maximum Gasteiger partial charge on any atom is 0.318 e. The van der Waals surface area contributed by atoms with Crippen molar-refractivity contribution < 1.29 is 17.9 Å². The highest BCUT2D eigenvalue weighted by Gasteiger charge is 2.35. The second-order valence-corrected chi connectivity index (χ2v) is 12.0. The van der Waals surface area contributed by atoms with Crippen molar-refractivity contribution in [3.05, 3.63) is 53.2 Å². The van der Waals surface area contributed by atoms with E-state index >= 15 is 4.39 Å². The monoisotopic (exact) mass is 596 g/mol. The molecule has 8 rings (SSSR count). The number of halogens is 4. The van der Waals surface area contributed by atoms with Gasteiger partial charge in [-0.1, -0.05) is 35.9 Å². The fourth-order valence-electron chi connectivity index (χ4n) is 7.05. The number of alkyl halides is 1. The van der Waals surface area contributed by atoms with Crippen molar-refractivity contribution in [2.45, 2.75) is 56.4 Å². The molecule has 6 heterocycles. The minimum atomic E-state index is -0.625. The van der Waals surface area contributed by atoms with Crippen molar-refractivity contribution in [3.8, 4) is 17.3 Å². The molecule has 0 saturated carbocycles. The zero-order chi connectivity index (χ0) is 29.0. The summed E-state index contributed by atoms with van der Waals surface area (Å²) in [7, 11) is 1.46. The highest BCUT2D eigenvalue weighted by molar-refractivity contribution is 6.36. The number of aromatic nitrogens is 3. The molecule has 220 valence electrons. The molecule has 1 N–H and O–H groups in total. The summed E-state index contributed by atoms with van der Waals surface area (Å²) in [5.41, 5.74) is 0.556. The summed E-state index contributed by atoms with van der Waals surface area (Å²) in [6.45, 7) is 3.40. The van der Waals surface area contributed by atoms with Gasteiger partial charge in [0.15, 0.2) is 5.82 Å². The molecule has 4 unspecified atom stereocenters. The Morgan fingerprint density at radius 1 is 1.02 bits per heavy atom. The largest absolute Gasteiger partial charge is 0.467 e. The average molecular weight is 597 g/mol. The number of nitrogens with one attached hydrogen (secondary N) is 1. The van der Waals surface area contributed by atoms with Gasteiger partial charge >= 0.3 is 6.01 Å². The molecule has 4 aliphatic rings. The number of hydrogen-bond acceptors (Lipinski definition) is 7. The third kappa shape index (κ3) is 4.93. The van der Waals surface area contributed by atoms with Crippen LogP contribution in [0.5, 0.6) is 6.01 Å². The minimum Gasteiger partial charge on any atom is -0.467 e. The van der Waals surface area contributed by atoms with Crippen molar-refractivity contribution in [1.82, 2.24) is 25.2 Å². The topological polar surface area (TPSA) is 66.4 Å². The third-order valence-electron chi connectivity index (χ3n) is 8.99. The van der Waals surface area contributed by atoms with E-state index in [0.717, 1.165) is 38.9 Å². The third-order valence-corrected chi connectivity index (χ3v) is 9.36. The SMILES string of the molecule is COc1nc(N2CC3CCC(C2)N3)c2cnc(-c3cccc4ccc(F)c(Cl)c34)c(F)c2n1.FC1CC2CCCN2C1. The first-order chi connectivity index (χ1) is 20.4. The standard InChI is InChI=1S/C24H20ClF2N5O.C7H12FN/c1-33-24-30-22-16(23(31-24)32-10-13-6-7-14(11-32)29-13)9-28-21(20(22)27)15-4-2-3-12-5-8-17(26)19(25)18(12)15;8-6-4-7-2-1-3-9(7)5-6/h2-5,8-9,13-14,29H,6-7,10-11H2,1H3;6-7H,1-5H2. The van der Waals surface area contributed by atoms with Crippen LogP contribution in [0.25, 0.3) is 32.9 Å². The molecule has 0 radical (unpaired) electrons. The number of fused-ring (bicyclic) bond motifs is 5. The molecule has 2 aromatic carbocycles. The Labute approximate surface area is 247 Å². The highest BCUT2D eigenvalue weighted by Crippen LogP contribution is 2.38. The number of hydrogen-bond donors (Lipinski definition) is 1. The van der Waals surface area contributed by atoms with Crippen LogP contribution in [0.15, 0.2) is 36.5 Å². The Morgan fingerprint density at radius 3 is 2.60 bits per heavy atom. The van der Waals surface area contributed by atoms with Gasteiger partial charge in [-0.3, -0.25) is 9.88 Å². The Bertz CT molecular complexity index is 1630. The van der Waals surface area contributed by atoms with Crippen molar-refractivity contribution in [1.29, 1.82) is 0 Å². The number of ether oxygens (including phenoxy) is 1. The number of pyridine rings is 1. The summed E-state index contributed by atoms with van der Waals surface area (Å²) in [5, 5.41) is 5.13. The van der Waals surface area contributed by atoms with Crippen LogP contribution in [0.1, 0.15) is 32.1 Å². The smallest absolute Gasteiger partial charge is 0.318 e. The number of rotatable bonds is 3.